The maximum absolute atomic E-state index is 12.2. The molecule has 0 unspecified atom stereocenters. The minimum absolute atomic E-state index is 0.0118. The number of carbonyl (C=O) groups excluding carboxylic acids is 1. The van der Waals surface area contributed by atoms with Crippen molar-refractivity contribution in [3.05, 3.63) is 0 Å². The van der Waals surface area contributed by atoms with Crippen molar-refractivity contribution >= 4 is 15.9 Å². The molecule has 0 aromatic heterocycles. The Labute approximate surface area is 128 Å². The van der Waals surface area contributed by atoms with Gasteiger partial charge in [0.05, 0.1) is 0 Å². The third-order valence-electron chi connectivity index (χ3n) is 4.80. The summed E-state index contributed by atoms with van der Waals surface area (Å²) in [6.45, 7) is 4.89. The van der Waals surface area contributed by atoms with E-state index in [1.165, 1.54) is 0 Å². The van der Waals surface area contributed by atoms with Crippen LogP contribution in [0.15, 0.2) is 0 Å². The van der Waals surface area contributed by atoms with Gasteiger partial charge >= 0.3 is 0 Å². The van der Waals surface area contributed by atoms with E-state index in [0.29, 0.717) is 12.5 Å². The van der Waals surface area contributed by atoms with Gasteiger partial charge < -0.3 is 4.90 Å². The van der Waals surface area contributed by atoms with Crippen LogP contribution < -0.4 is 4.72 Å². The number of likely N-dealkylation sites (tertiary alicyclic amines) is 1. The summed E-state index contributed by atoms with van der Waals surface area (Å²) in [5.41, 5.74) is 0. The highest BCUT2D eigenvalue weighted by Gasteiger charge is 2.29. The van der Waals surface area contributed by atoms with Crippen LogP contribution in [0, 0.1) is 5.92 Å². The Bertz CT molecular complexity index is 456. The lowest BCUT2D eigenvalue weighted by Gasteiger charge is -2.33. The minimum atomic E-state index is -3.51. The van der Waals surface area contributed by atoms with Crippen molar-refractivity contribution in [1.29, 1.82) is 0 Å². The maximum Gasteiger partial charge on any atom is 0.239 e. The fourth-order valence-corrected chi connectivity index (χ4v) is 4.71. The second kappa shape index (κ2) is 7.09. The van der Waals surface area contributed by atoms with E-state index in [1.807, 2.05) is 6.92 Å². The Morgan fingerprint density at radius 3 is 2.38 bits per heavy atom. The van der Waals surface area contributed by atoms with Gasteiger partial charge in [-0.1, -0.05) is 6.92 Å². The number of carbonyl (C=O) groups is 1. The Morgan fingerprint density at radius 2 is 1.76 bits per heavy atom. The molecule has 1 aliphatic heterocycles. The molecule has 0 spiro atoms. The first-order chi connectivity index (χ1) is 9.87. The molecule has 2 rings (SSSR count). The molecule has 1 saturated heterocycles. The van der Waals surface area contributed by atoms with Crippen molar-refractivity contribution in [2.45, 2.75) is 70.9 Å². The predicted molar refractivity (Wildman–Crippen MR) is 83.4 cm³/mol. The lowest BCUT2D eigenvalue weighted by atomic mass is 9.88. The molecule has 0 aromatic rings. The molecule has 1 amide bonds. The van der Waals surface area contributed by atoms with Gasteiger partial charge in [-0.2, -0.15) is 0 Å². The fraction of sp³-hybridized carbons (Fsp3) is 0.933. The molecule has 0 radical (unpaired) electrons. The quantitative estimate of drug-likeness (QED) is 0.861. The summed E-state index contributed by atoms with van der Waals surface area (Å²) in [6, 6.07) is 0.176. The molecule has 21 heavy (non-hydrogen) atoms. The zero-order valence-corrected chi connectivity index (χ0v) is 14.0. The van der Waals surface area contributed by atoms with Crippen LogP contribution in [0.3, 0.4) is 0 Å². The molecule has 6 heteroatoms. The van der Waals surface area contributed by atoms with Gasteiger partial charge in [-0.15, -0.1) is 0 Å². The monoisotopic (exact) mass is 316 g/mol. The summed E-state index contributed by atoms with van der Waals surface area (Å²) in [4.78, 5) is 14.0. The van der Waals surface area contributed by atoms with Gasteiger partial charge in [-0.05, 0) is 57.8 Å². The third-order valence-corrected chi connectivity index (χ3v) is 6.12. The van der Waals surface area contributed by atoms with Gasteiger partial charge in [0, 0.05) is 18.6 Å². The molecule has 122 valence electrons. The number of hydrogen-bond donors (Lipinski definition) is 1. The smallest absolute Gasteiger partial charge is 0.239 e. The molecule has 0 aromatic carbocycles. The molecule has 2 fully saturated rings. The van der Waals surface area contributed by atoms with Crippen LogP contribution >= 0.6 is 0 Å². The zero-order chi connectivity index (χ0) is 15.5. The number of piperidine rings is 1. The minimum Gasteiger partial charge on any atom is -0.339 e. The predicted octanol–water partition coefficient (Wildman–Crippen LogP) is 1.89. The van der Waals surface area contributed by atoms with E-state index in [9.17, 15) is 13.2 Å². The first kappa shape index (κ1) is 16.7. The summed E-state index contributed by atoms with van der Waals surface area (Å²) < 4.78 is 27.1. The number of sulfonamides is 1. The molecule has 1 N–H and O–H groups in total. The molecule has 0 bridgehead atoms. The Balaban J connectivity index is 1.86. The Kier molecular flexibility index (Phi) is 5.66. The molecule has 1 saturated carbocycles. The number of nitrogens with one attached hydrogen (secondary N) is 1. The first-order valence-corrected chi connectivity index (χ1v) is 9.82. The second-order valence-corrected chi connectivity index (χ2v) is 8.52. The molecular weight excluding hydrogens is 288 g/mol. The van der Waals surface area contributed by atoms with Gasteiger partial charge in [-0.3, -0.25) is 4.79 Å². The average Bonchev–Trinajstić information content (AvgIpc) is 2.41. The fourth-order valence-electron chi connectivity index (χ4n) is 3.39. The van der Waals surface area contributed by atoms with Crippen molar-refractivity contribution in [3.8, 4) is 0 Å². The number of hydrogen-bond acceptors (Lipinski definition) is 3. The topological polar surface area (TPSA) is 66.5 Å². The molecule has 5 nitrogen and oxygen atoms in total. The van der Waals surface area contributed by atoms with Gasteiger partial charge in [0.15, 0.2) is 0 Å². The van der Waals surface area contributed by atoms with Crippen LogP contribution in [0.25, 0.3) is 0 Å². The van der Waals surface area contributed by atoms with Gasteiger partial charge in [0.1, 0.15) is 5.75 Å². The summed E-state index contributed by atoms with van der Waals surface area (Å²) >= 11 is 0. The molecule has 1 atom stereocenters. The van der Waals surface area contributed by atoms with Gasteiger partial charge in [0.25, 0.3) is 0 Å². The molecule has 1 heterocycles. The zero-order valence-electron chi connectivity index (χ0n) is 13.2. The molecule has 2 aliphatic rings. The van der Waals surface area contributed by atoms with Crippen LogP contribution in [-0.4, -0.2) is 43.6 Å². The van der Waals surface area contributed by atoms with Crippen molar-refractivity contribution in [2.24, 2.45) is 5.92 Å². The van der Waals surface area contributed by atoms with Crippen LogP contribution in [0.2, 0.25) is 0 Å². The van der Waals surface area contributed by atoms with Crippen molar-refractivity contribution in [3.63, 3.8) is 0 Å². The lowest BCUT2D eigenvalue weighted by Crippen LogP contribution is -2.47. The molecular formula is C15H28N2O3S. The number of nitrogens with zero attached hydrogens (tertiary/aromatic N) is 1. The second-order valence-electron chi connectivity index (χ2n) is 6.77. The van der Waals surface area contributed by atoms with E-state index in [4.69, 9.17) is 0 Å². The summed E-state index contributed by atoms with van der Waals surface area (Å²) in [6.07, 6.45) is 6.96. The van der Waals surface area contributed by atoms with E-state index in [-0.39, 0.29) is 18.0 Å². The molecule has 1 aliphatic carbocycles. The normalized spacial score (nSPS) is 31.1. The lowest BCUT2D eigenvalue weighted by molar-refractivity contribution is -0.131. The van der Waals surface area contributed by atoms with E-state index < -0.39 is 15.8 Å². The third kappa shape index (κ3) is 4.95. The van der Waals surface area contributed by atoms with E-state index in [0.717, 1.165) is 44.9 Å². The van der Waals surface area contributed by atoms with Crippen LogP contribution in [0.5, 0.6) is 0 Å². The highest BCUT2D eigenvalue weighted by atomic mass is 32.2. The van der Waals surface area contributed by atoms with Crippen molar-refractivity contribution in [2.75, 3.05) is 12.3 Å². The van der Waals surface area contributed by atoms with E-state index in [2.05, 4.69) is 11.6 Å². The number of rotatable bonds is 4. The van der Waals surface area contributed by atoms with Crippen molar-refractivity contribution < 1.29 is 13.2 Å². The van der Waals surface area contributed by atoms with Gasteiger partial charge in [-0.25, -0.2) is 13.1 Å². The highest BCUT2D eigenvalue weighted by molar-refractivity contribution is 7.90. The van der Waals surface area contributed by atoms with Crippen molar-refractivity contribution in [1.82, 2.24) is 9.62 Å². The summed E-state index contributed by atoms with van der Waals surface area (Å²) in [5, 5.41) is 0. The SMILES string of the molecule is CC1CCC(NS(=O)(=O)CC(=O)N2CCCC[C@@H]2C)CC1. The largest absolute Gasteiger partial charge is 0.339 e. The highest BCUT2D eigenvalue weighted by Crippen LogP contribution is 2.24. The van der Waals surface area contributed by atoms with Crippen LogP contribution in [-0.2, 0) is 14.8 Å². The standard InChI is InChI=1S/C15H28N2O3S/c1-12-6-8-14(9-7-12)16-21(19,20)11-15(18)17-10-4-3-5-13(17)2/h12-14,16H,3-11H2,1-2H3/t12?,13-,14?/m0/s1. The van der Waals surface area contributed by atoms with Crippen LogP contribution in [0.1, 0.15) is 58.8 Å². The summed E-state index contributed by atoms with van der Waals surface area (Å²) in [7, 11) is -3.51. The summed E-state index contributed by atoms with van der Waals surface area (Å²) in [5.74, 6) is 0.0316. The van der Waals surface area contributed by atoms with E-state index >= 15 is 0 Å². The Hall–Kier alpha value is -0.620. The van der Waals surface area contributed by atoms with Crippen LogP contribution in [0.4, 0.5) is 0 Å². The Morgan fingerprint density at radius 1 is 1.10 bits per heavy atom. The first-order valence-electron chi connectivity index (χ1n) is 8.17. The number of amides is 1. The maximum atomic E-state index is 12.2. The average molecular weight is 316 g/mol. The van der Waals surface area contributed by atoms with Gasteiger partial charge in [0.2, 0.25) is 15.9 Å². The van der Waals surface area contributed by atoms with E-state index in [1.54, 1.807) is 4.90 Å².